The number of rotatable bonds is 5. The molecule has 0 unspecified atom stereocenters. The van der Waals surface area contributed by atoms with Crippen LogP contribution in [0.4, 0.5) is 0 Å². The third-order valence-corrected chi connectivity index (χ3v) is 4.38. The zero-order valence-electron chi connectivity index (χ0n) is 11.0. The van der Waals surface area contributed by atoms with Gasteiger partial charge in [-0.2, -0.15) is 0 Å². The van der Waals surface area contributed by atoms with Crippen molar-refractivity contribution in [3.8, 4) is 6.07 Å². The van der Waals surface area contributed by atoms with Crippen LogP contribution in [0.5, 0.6) is 0 Å². The normalized spacial score (nSPS) is 10.4. The van der Waals surface area contributed by atoms with Crippen LogP contribution in [0.1, 0.15) is 11.1 Å². The fraction of sp³-hybridized carbons (Fsp3) is 0.118. The first-order valence-corrected chi connectivity index (χ1v) is 7.27. The Hall–Kier alpha value is -2.18. The molecule has 100 valence electrons. The van der Waals surface area contributed by atoms with Gasteiger partial charge in [0.1, 0.15) is 0 Å². The van der Waals surface area contributed by atoms with Crippen LogP contribution in [0.2, 0.25) is 0 Å². The zero-order valence-corrected chi connectivity index (χ0v) is 11.8. The predicted molar refractivity (Wildman–Crippen MR) is 86.9 cm³/mol. The Morgan fingerprint density at radius 3 is 1.95 bits per heavy atom. The minimum Gasteiger partial charge on any atom is -0.498 e. The maximum atomic E-state index is 10.9. The molecular weight excluding hydrogens is 266 g/mol. The molecule has 0 saturated heterocycles. The lowest BCUT2D eigenvalue weighted by Gasteiger charge is -2.24. The van der Waals surface area contributed by atoms with Crippen molar-refractivity contribution < 1.29 is 0 Å². The standard InChI is InChI=1S/C17H15NOS/c1-2-13-20-17(14-18-19,15-9-5-3-6-10-15)16-11-7-4-8-12-16/h2-12H,1,13H2. The van der Waals surface area contributed by atoms with E-state index >= 15 is 0 Å². The van der Waals surface area contributed by atoms with E-state index in [0.29, 0.717) is 5.75 Å². The molecule has 0 saturated carbocycles. The highest BCUT2D eigenvalue weighted by Gasteiger charge is 2.39. The van der Waals surface area contributed by atoms with Gasteiger partial charge < -0.3 is 5.21 Å². The number of hydrogen-bond donors (Lipinski definition) is 0. The molecule has 0 heterocycles. The summed E-state index contributed by atoms with van der Waals surface area (Å²) in [6.45, 7) is 3.75. The molecule has 0 radical (unpaired) electrons. The van der Waals surface area contributed by atoms with Gasteiger partial charge in [0.2, 0.25) is 4.75 Å². The second-order valence-corrected chi connectivity index (χ2v) is 5.45. The molecule has 0 spiro atoms. The van der Waals surface area contributed by atoms with Crippen molar-refractivity contribution in [2.24, 2.45) is 0 Å². The van der Waals surface area contributed by atoms with E-state index in [1.807, 2.05) is 66.7 Å². The Labute approximate surface area is 123 Å². The molecule has 2 nitrogen and oxygen atoms in total. The van der Waals surface area contributed by atoms with Crippen molar-refractivity contribution in [3.05, 3.63) is 94.7 Å². The van der Waals surface area contributed by atoms with E-state index in [0.717, 1.165) is 11.1 Å². The first-order chi connectivity index (χ1) is 9.83. The smallest absolute Gasteiger partial charge is 0.326 e. The summed E-state index contributed by atoms with van der Waals surface area (Å²) in [4.78, 5) is 0. The predicted octanol–water partition coefficient (Wildman–Crippen LogP) is 4.68. The Balaban J connectivity index is 2.61. The molecule has 0 aromatic heterocycles. The molecule has 0 amide bonds. The number of benzene rings is 2. The van der Waals surface area contributed by atoms with E-state index in [9.17, 15) is 5.21 Å². The summed E-state index contributed by atoms with van der Waals surface area (Å²) in [7, 11) is 0. The quantitative estimate of drug-likeness (QED) is 0.588. The summed E-state index contributed by atoms with van der Waals surface area (Å²) < 4.78 is -0.696. The first kappa shape index (κ1) is 14.2. The molecule has 2 rings (SSSR count). The second kappa shape index (κ2) is 6.83. The van der Waals surface area contributed by atoms with Crippen molar-refractivity contribution in [3.63, 3.8) is 0 Å². The molecule has 0 N–H and O–H groups in total. The summed E-state index contributed by atoms with van der Waals surface area (Å²) >= 11 is 1.58. The van der Waals surface area contributed by atoms with Gasteiger partial charge in [-0.05, 0) is 11.1 Å². The van der Waals surface area contributed by atoms with E-state index in [1.54, 1.807) is 11.8 Å². The molecule has 0 fully saturated rings. The third-order valence-electron chi connectivity index (χ3n) is 2.98. The van der Waals surface area contributed by atoms with Crippen molar-refractivity contribution >= 4 is 11.8 Å². The summed E-state index contributed by atoms with van der Waals surface area (Å²) in [6, 6.07) is 22.4. The molecule has 20 heavy (non-hydrogen) atoms. The van der Waals surface area contributed by atoms with E-state index in [2.05, 4.69) is 17.7 Å². The van der Waals surface area contributed by atoms with Gasteiger partial charge in [0.25, 0.3) is 0 Å². The molecule has 0 aliphatic heterocycles. The molecule has 2 aromatic carbocycles. The van der Waals surface area contributed by atoms with Gasteiger partial charge in [0.15, 0.2) is 0 Å². The highest BCUT2D eigenvalue weighted by atomic mass is 32.2. The van der Waals surface area contributed by atoms with Gasteiger partial charge in [-0.3, -0.25) is 0 Å². The van der Waals surface area contributed by atoms with Crippen LogP contribution in [-0.2, 0) is 4.75 Å². The molecule has 0 bridgehead atoms. The van der Waals surface area contributed by atoms with Crippen LogP contribution in [0, 0.1) is 11.3 Å². The average Bonchev–Trinajstić information content (AvgIpc) is 2.53. The minimum absolute atomic E-state index is 0.696. The average molecular weight is 281 g/mol. The largest absolute Gasteiger partial charge is 0.498 e. The summed E-state index contributed by atoms with van der Waals surface area (Å²) in [5.74, 6) is 0.701. The van der Waals surface area contributed by atoms with Gasteiger partial charge >= 0.3 is 6.07 Å². The molecular formula is C17H15NOS. The van der Waals surface area contributed by atoms with Crippen molar-refractivity contribution in [1.82, 2.24) is 0 Å². The van der Waals surface area contributed by atoms with E-state index in [-0.39, 0.29) is 0 Å². The van der Waals surface area contributed by atoms with Crippen molar-refractivity contribution in [2.75, 3.05) is 5.75 Å². The van der Waals surface area contributed by atoms with Crippen molar-refractivity contribution in [2.45, 2.75) is 4.75 Å². The Morgan fingerprint density at radius 1 is 1.05 bits per heavy atom. The van der Waals surface area contributed by atoms with Crippen LogP contribution in [0.15, 0.2) is 73.3 Å². The molecule has 2 aromatic rings. The number of nitrogens with zero attached hydrogens (tertiary/aromatic N) is 1. The fourth-order valence-electron chi connectivity index (χ4n) is 2.09. The Kier molecular flexibility index (Phi) is 4.86. The SMILES string of the molecule is C=CCSC(C#[N+][O-])(c1ccccc1)c1ccccc1. The Bertz CT molecular complexity index is 574. The minimum atomic E-state index is -0.696. The lowest BCUT2D eigenvalue weighted by Crippen LogP contribution is -2.22. The maximum Gasteiger partial charge on any atom is 0.326 e. The van der Waals surface area contributed by atoms with Crippen LogP contribution in [0.3, 0.4) is 0 Å². The number of thioether (sulfide) groups is 1. The first-order valence-electron chi connectivity index (χ1n) is 6.29. The van der Waals surface area contributed by atoms with Gasteiger partial charge in [-0.15, -0.1) is 18.3 Å². The van der Waals surface area contributed by atoms with Crippen LogP contribution in [0.25, 0.3) is 5.01 Å². The molecule has 3 heteroatoms. The van der Waals surface area contributed by atoms with E-state index < -0.39 is 4.75 Å². The lowest BCUT2D eigenvalue weighted by molar-refractivity contribution is 0.975. The van der Waals surface area contributed by atoms with Gasteiger partial charge in [-0.1, -0.05) is 66.7 Å². The zero-order chi connectivity index (χ0) is 14.3. The van der Waals surface area contributed by atoms with E-state index in [1.165, 1.54) is 0 Å². The maximum absolute atomic E-state index is 10.9. The monoisotopic (exact) mass is 281 g/mol. The molecule has 0 atom stereocenters. The summed E-state index contributed by atoms with van der Waals surface area (Å²) in [5.41, 5.74) is 1.97. The highest BCUT2D eigenvalue weighted by Crippen LogP contribution is 2.42. The van der Waals surface area contributed by atoms with Gasteiger partial charge in [-0.25, -0.2) is 0 Å². The lowest BCUT2D eigenvalue weighted by atomic mass is 9.91. The van der Waals surface area contributed by atoms with Crippen LogP contribution < -0.4 is 0 Å². The summed E-state index contributed by atoms with van der Waals surface area (Å²) in [6.07, 6.45) is 1.82. The van der Waals surface area contributed by atoms with E-state index in [4.69, 9.17) is 0 Å². The third kappa shape index (κ3) is 2.87. The van der Waals surface area contributed by atoms with Crippen LogP contribution in [-0.4, -0.2) is 5.75 Å². The molecule has 0 aliphatic rings. The number of hydrogen-bond acceptors (Lipinski definition) is 2. The Morgan fingerprint density at radius 2 is 1.55 bits per heavy atom. The highest BCUT2D eigenvalue weighted by molar-refractivity contribution is 8.00. The topological polar surface area (TPSA) is 27.4 Å². The fourth-order valence-corrected chi connectivity index (χ4v) is 3.16. The summed E-state index contributed by atoms with van der Waals surface area (Å²) in [5, 5.41) is 13.9. The van der Waals surface area contributed by atoms with Crippen molar-refractivity contribution in [1.29, 1.82) is 0 Å². The van der Waals surface area contributed by atoms with Gasteiger partial charge in [0.05, 0.1) is 0 Å². The van der Waals surface area contributed by atoms with Crippen LogP contribution >= 0.6 is 11.8 Å². The molecule has 0 aliphatic carbocycles. The van der Waals surface area contributed by atoms with Gasteiger partial charge in [0, 0.05) is 10.8 Å². The second-order valence-electron chi connectivity index (χ2n) is 4.22.